The van der Waals surface area contributed by atoms with E-state index in [0.29, 0.717) is 19.3 Å². The van der Waals surface area contributed by atoms with Crippen LogP contribution in [0.4, 0.5) is 0 Å². The molecule has 2 heterocycles. The summed E-state index contributed by atoms with van der Waals surface area (Å²) in [5.41, 5.74) is -1.54. The van der Waals surface area contributed by atoms with Crippen LogP contribution in [0.2, 0.25) is 0 Å². The second kappa shape index (κ2) is 5.76. The van der Waals surface area contributed by atoms with Crippen molar-refractivity contribution in [2.45, 2.75) is 58.0 Å². The van der Waals surface area contributed by atoms with E-state index in [1.54, 1.807) is 0 Å². The third-order valence-electron chi connectivity index (χ3n) is 4.98. The van der Waals surface area contributed by atoms with Crippen molar-refractivity contribution in [3.8, 4) is 0 Å². The fourth-order valence-corrected chi connectivity index (χ4v) is 3.41. The smallest absolute Gasteiger partial charge is 0.254 e. The van der Waals surface area contributed by atoms with Gasteiger partial charge in [0.1, 0.15) is 0 Å². The van der Waals surface area contributed by atoms with Crippen LogP contribution in [0.5, 0.6) is 0 Å². The maximum atomic E-state index is 12.1. The average Bonchev–Trinajstić information content (AvgIpc) is 3.01. The molecule has 23 heavy (non-hydrogen) atoms. The van der Waals surface area contributed by atoms with Crippen molar-refractivity contribution in [2.75, 3.05) is 0 Å². The van der Waals surface area contributed by atoms with E-state index in [9.17, 15) is 19.2 Å². The summed E-state index contributed by atoms with van der Waals surface area (Å²) in [5.74, 6) is -1.41. The van der Waals surface area contributed by atoms with Crippen molar-refractivity contribution in [2.24, 2.45) is 0 Å². The van der Waals surface area contributed by atoms with E-state index in [2.05, 4.69) is 0 Å². The zero-order valence-corrected chi connectivity index (χ0v) is 14.0. The van der Waals surface area contributed by atoms with Crippen molar-refractivity contribution in [3.63, 3.8) is 0 Å². The van der Waals surface area contributed by atoms with Crippen LogP contribution in [-0.4, -0.2) is 44.5 Å². The maximum absolute atomic E-state index is 12.1. The van der Waals surface area contributed by atoms with Gasteiger partial charge in [0.05, 0.1) is 11.1 Å². The fraction of sp³-hybridized carbons (Fsp3) is 0.529. The van der Waals surface area contributed by atoms with Crippen molar-refractivity contribution < 1.29 is 19.2 Å². The van der Waals surface area contributed by atoms with Gasteiger partial charge in [-0.15, -0.1) is 0 Å². The highest BCUT2D eigenvalue weighted by atomic mass is 16.2. The van der Waals surface area contributed by atoms with E-state index in [1.807, 2.05) is 27.7 Å². The fourth-order valence-electron chi connectivity index (χ4n) is 3.41. The molecule has 0 saturated heterocycles. The van der Waals surface area contributed by atoms with E-state index in [4.69, 9.17) is 0 Å². The van der Waals surface area contributed by atoms with Gasteiger partial charge in [0, 0.05) is 24.3 Å². The number of rotatable bonds is 6. The normalized spacial score (nSPS) is 23.0. The summed E-state index contributed by atoms with van der Waals surface area (Å²) in [6.07, 6.45) is 6.43. The van der Waals surface area contributed by atoms with Crippen LogP contribution in [0.15, 0.2) is 24.3 Å². The highest BCUT2D eigenvalue weighted by Crippen LogP contribution is 2.37. The largest absolute Gasteiger partial charge is 0.269 e. The van der Waals surface area contributed by atoms with Crippen LogP contribution in [0, 0.1) is 0 Å². The molecule has 0 bridgehead atoms. The first-order valence-corrected chi connectivity index (χ1v) is 7.81. The Bertz CT molecular complexity index is 547. The first-order valence-electron chi connectivity index (χ1n) is 7.81. The van der Waals surface area contributed by atoms with Crippen molar-refractivity contribution >= 4 is 23.6 Å². The number of imide groups is 2. The molecule has 0 radical (unpaired) electrons. The number of carbonyl (C=O) groups is 4. The SMILES string of the molecule is CCC(C)(CC(C)(CC)N1C(=O)C=CC1=O)N1C(=O)C=CC1=O. The number of hydrogen-bond acceptors (Lipinski definition) is 4. The molecule has 0 aromatic rings. The zero-order valence-electron chi connectivity index (χ0n) is 14.0. The molecule has 0 aliphatic carbocycles. The molecule has 2 rings (SSSR count). The van der Waals surface area contributed by atoms with Gasteiger partial charge in [-0.2, -0.15) is 0 Å². The minimum absolute atomic E-state index is 0.339. The van der Waals surface area contributed by atoms with Gasteiger partial charge >= 0.3 is 0 Å². The summed E-state index contributed by atoms with van der Waals surface area (Å²) in [6, 6.07) is 0. The lowest BCUT2D eigenvalue weighted by atomic mass is 9.78. The van der Waals surface area contributed by atoms with E-state index in [-0.39, 0.29) is 23.6 Å². The maximum Gasteiger partial charge on any atom is 0.254 e. The molecule has 2 atom stereocenters. The Labute approximate surface area is 135 Å². The summed E-state index contributed by atoms with van der Waals surface area (Å²) >= 11 is 0. The lowest BCUT2D eigenvalue weighted by Crippen LogP contribution is -2.58. The third-order valence-corrected chi connectivity index (χ3v) is 4.98. The van der Waals surface area contributed by atoms with Crippen LogP contribution in [-0.2, 0) is 19.2 Å². The van der Waals surface area contributed by atoms with Crippen LogP contribution in [0.25, 0.3) is 0 Å². The molecule has 0 N–H and O–H groups in total. The van der Waals surface area contributed by atoms with Crippen LogP contribution >= 0.6 is 0 Å². The lowest BCUT2D eigenvalue weighted by Gasteiger charge is -2.46. The summed E-state index contributed by atoms with van der Waals surface area (Å²) in [4.78, 5) is 50.8. The Morgan fingerprint density at radius 1 is 0.696 bits per heavy atom. The first-order chi connectivity index (χ1) is 10.7. The minimum atomic E-state index is -0.772. The molecule has 0 fully saturated rings. The number of nitrogens with zero attached hydrogens (tertiary/aromatic N) is 2. The highest BCUT2D eigenvalue weighted by molar-refractivity contribution is 6.14. The Morgan fingerprint density at radius 2 is 0.957 bits per heavy atom. The number of hydrogen-bond donors (Lipinski definition) is 0. The zero-order chi connectivity index (χ0) is 17.4. The van der Waals surface area contributed by atoms with Gasteiger partial charge in [0.15, 0.2) is 0 Å². The van der Waals surface area contributed by atoms with E-state index >= 15 is 0 Å². The van der Waals surface area contributed by atoms with Gasteiger partial charge in [-0.1, -0.05) is 13.8 Å². The molecule has 6 heteroatoms. The van der Waals surface area contributed by atoms with Gasteiger partial charge in [0.2, 0.25) is 0 Å². The molecule has 0 saturated carbocycles. The third kappa shape index (κ3) is 2.73. The number of carbonyl (C=O) groups excluding carboxylic acids is 4. The van der Waals surface area contributed by atoms with Crippen LogP contribution in [0.1, 0.15) is 47.0 Å². The van der Waals surface area contributed by atoms with Crippen LogP contribution < -0.4 is 0 Å². The first kappa shape index (κ1) is 17.1. The lowest BCUT2D eigenvalue weighted by molar-refractivity contribution is -0.148. The average molecular weight is 318 g/mol. The Morgan fingerprint density at radius 3 is 1.17 bits per heavy atom. The Kier molecular flexibility index (Phi) is 4.28. The summed E-state index contributed by atoms with van der Waals surface area (Å²) in [6.45, 7) is 7.42. The van der Waals surface area contributed by atoms with E-state index in [0.717, 1.165) is 0 Å². The van der Waals surface area contributed by atoms with Gasteiger partial charge in [-0.25, -0.2) is 0 Å². The monoisotopic (exact) mass is 318 g/mol. The molecule has 2 aliphatic rings. The van der Waals surface area contributed by atoms with E-state index in [1.165, 1.54) is 34.1 Å². The molecule has 4 amide bonds. The van der Waals surface area contributed by atoms with Gasteiger partial charge in [-0.05, 0) is 33.1 Å². The van der Waals surface area contributed by atoms with Crippen molar-refractivity contribution in [3.05, 3.63) is 24.3 Å². The van der Waals surface area contributed by atoms with Gasteiger partial charge in [0.25, 0.3) is 23.6 Å². The Hall–Kier alpha value is -2.24. The molecule has 0 aromatic heterocycles. The molecular weight excluding hydrogens is 296 g/mol. The molecule has 0 spiro atoms. The Balaban J connectivity index is 2.35. The van der Waals surface area contributed by atoms with E-state index < -0.39 is 11.1 Å². The summed E-state index contributed by atoms with van der Waals surface area (Å²) in [5, 5.41) is 0. The molecule has 124 valence electrons. The molecule has 2 unspecified atom stereocenters. The van der Waals surface area contributed by atoms with Crippen molar-refractivity contribution in [1.82, 2.24) is 9.80 Å². The van der Waals surface area contributed by atoms with Crippen molar-refractivity contribution in [1.29, 1.82) is 0 Å². The van der Waals surface area contributed by atoms with Gasteiger partial charge < -0.3 is 0 Å². The molecular formula is C17H22N2O4. The molecule has 0 aromatic carbocycles. The standard InChI is InChI=1S/C17H22N2O4/c1-5-16(3,18-12(20)7-8-13(18)21)11-17(4,6-2)19-14(22)9-10-15(19)23/h7-10H,5-6,11H2,1-4H3. The molecule has 6 nitrogen and oxygen atoms in total. The van der Waals surface area contributed by atoms with Gasteiger partial charge in [-0.3, -0.25) is 29.0 Å². The quantitative estimate of drug-likeness (QED) is 0.697. The minimum Gasteiger partial charge on any atom is -0.269 e. The second-order valence-electron chi connectivity index (χ2n) is 6.57. The summed E-state index contributed by atoms with van der Waals surface area (Å²) < 4.78 is 0. The highest BCUT2D eigenvalue weighted by Gasteiger charge is 2.48. The summed E-state index contributed by atoms with van der Waals surface area (Å²) in [7, 11) is 0. The molecule has 2 aliphatic heterocycles. The predicted molar refractivity (Wildman–Crippen MR) is 84.0 cm³/mol. The predicted octanol–water partition coefficient (Wildman–Crippen LogP) is 1.56. The topological polar surface area (TPSA) is 74.8 Å². The van der Waals surface area contributed by atoms with Crippen LogP contribution in [0.3, 0.4) is 0 Å². The number of amides is 4. The second-order valence-corrected chi connectivity index (χ2v) is 6.57.